The summed E-state index contributed by atoms with van der Waals surface area (Å²) in [6.45, 7) is 3.73. The molecule has 0 aliphatic carbocycles. The summed E-state index contributed by atoms with van der Waals surface area (Å²) in [5.74, 6) is -3.32. The van der Waals surface area contributed by atoms with Gasteiger partial charge < -0.3 is 23.7 Å². The highest BCUT2D eigenvalue weighted by Crippen LogP contribution is 2.38. The first kappa shape index (κ1) is 30.9. The summed E-state index contributed by atoms with van der Waals surface area (Å²) in [5.41, 5.74) is -1.19. The van der Waals surface area contributed by atoms with Crippen LogP contribution < -0.4 is 5.56 Å². The maximum Gasteiger partial charge on any atom is 0.303 e. The molecule has 5 unspecified atom stereocenters. The molecule has 0 N–H and O–H groups in total. The van der Waals surface area contributed by atoms with E-state index < -0.39 is 72.3 Å². The van der Waals surface area contributed by atoms with Crippen molar-refractivity contribution in [3.8, 4) is 23.3 Å². The standard InChI is InChI=1S/C27H25N3O10S/c1-13(31)36-12-20-22(37-14(2)32)23(38-15(3)33)24(39-16(4)34)26(40-20)30-25(35)18(10-28)21(19(11-29)27(30)41)17-8-6-5-7-9-17/h5-9,20,22-24,26,41H,12H2,1-4H3. The zero-order valence-electron chi connectivity index (χ0n) is 22.4. The molecule has 1 aliphatic heterocycles. The molecule has 1 aromatic heterocycles. The number of nitriles is 2. The van der Waals surface area contributed by atoms with Crippen molar-refractivity contribution in [2.24, 2.45) is 0 Å². The molecule has 13 nitrogen and oxygen atoms in total. The van der Waals surface area contributed by atoms with Gasteiger partial charge in [0.2, 0.25) is 0 Å². The highest BCUT2D eigenvalue weighted by atomic mass is 32.1. The molecule has 3 rings (SSSR count). The van der Waals surface area contributed by atoms with Gasteiger partial charge in [-0.15, -0.1) is 12.6 Å². The van der Waals surface area contributed by atoms with E-state index in [1.807, 2.05) is 12.1 Å². The van der Waals surface area contributed by atoms with Crippen molar-refractivity contribution in [3.63, 3.8) is 0 Å². The van der Waals surface area contributed by atoms with Crippen LogP contribution in [-0.4, -0.2) is 59.5 Å². The van der Waals surface area contributed by atoms with Crippen LogP contribution in [0.2, 0.25) is 0 Å². The maximum atomic E-state index is 13.9. The molecule has 214 valence electrons. The topological polar surface area (TPSA) is 184 Å². The van der Waals surface area contributed by atoms with Crippen LogP contribution in [0.3, 0.4) is 0 Å². The molecule has 5 atom stereocenters. The Hall–Kier alpha value is -4.66. The number of aromatic nitrogens is 1. The van der Waals surface area contributed by atoms with Crippen LogP contribution in [0.4, 0.5) is 0 Å². The Labute approximate surface area is 239 Å². The van der Waals surface area contributed by atoms with E-state index in [0.29, 0.717) is 5.56 Å². The van der Waals surface area contributed by atoms with E-state index in [1.165, 1.54) is 0 Å². The number of rotatable bonds is 7. The Balaban J connectivity index is 2.35. The molecule has 0 radical (unpaired) electrons. The number of hydrogen-bond donors (Lipinski definition) is 1. The Bertz CT molecular complexity index is 1510. The first-order chi connectivity index (χ1) is 19.4. The Morgan fingerprint density at radius 1 is 0.854 bits per heavy atom. The van der Waals surface area contributed by atoms with Crippen LogP contribution >= 0.6 is 12.6 Å². The lowest BCUT2D eigenvalue weighted by molar-refractivity contribution is -0.270. The summed E-state index contributed by atoms with van der Waals surface area (Å²) < 4.78 is 28.1. The summed E-state index contributed by atoms with van der Waals surface area (Å²) in [6.07, 6.45) is -7.76. The van der Waals surface area contributed by atoms with Gasteiger partial charge in [0, 0.05) is 33.3 Å². The van der Waals surface area contributed by atoms with Gasteiger partial charge in [0.25, 0.3) is 5.56 Å². The van der Waals surface area contributed by atoms with Gasteiger partial charge in [0.05, 0.1) is 10.6 Å². The largest absolute Gasteiger partial charge is 0.463 e. The van der Waals surface area contributed by atoms with Gasteiger partial charge in [-0.1, -0.05) is 30.3 Å². The summed E-state index contributed by atoms with van der Waals surface area (Å²) in [4.78, 5) is 61.8. The van der Waals surface area contributed by atoms with Crippen LogP contribution in [0.5, 0.6) is 0 Å². The second-order valence-electron chi connectivity index (χ2n) is 8.80. The number of ether oxygens (including phenoxy) is 5. The van der Waals surface area contributed by atoms with E-state index in [1.54, 1.807) is 30.3 Å². The van der Waals surface area contributed by atoms with Crippen LogP contribution in [0, 0.1) is 22.7 Å². The molecule has 2 aromatic rings. The molecule has 41 heavy (non-hydrogen) atoms. The minimum atomic E-state index is -1.69. The zero-order valence-corrected chi connectivity index (χ0v) is 23.2. The van der Waals surface area contributed by atoms with Crippen LogP contribution in [0.15, 0.2) is 40.2 Å². The van der Waals surface area contributed by atoms with Gasteiger partial charge in [-0.05, 0) is 5.56 Å². The third-order valence-electron chi connectivity index (χ3n) is 5.89. The smallest absolute Gasteiger partial charge is 0.303 e. The van der Waals surface area contributed by atoms with Gasteiger partial charge in [-0.25, -0.2) is 0 Å². The summed E-state index contributed by atoms with van der Waals surface area (Å²) in [7, 11) is 0. The van der Waals surface area contributed by atoms with Gasteiger partial charge in [0.15, 0.2) is 24.5 Å². The molecule has 0 spiro atoms. The number of thiol groups is 1. The minimum Gasteiger partial charge on any atom is -0.463 e. The number of esters is 4. The second-order valence-corrected chi connectivity index (χ2v) is 9.23. The van der Waals surface area contributed by atoms with Crippen molar-refractivity contribution in [1.29, 1.82) is 10.5 Å². The van der Waals surface area contributed by atoms with Crippen LogP contribution in [0.1, 0.15) is 45.0 Å². The van der Waals surface area contributed by atoms with E-state index in [4.69, 9.17) is 23.7 Å². The lowest BCUT2D eigenvalue weighted by atomic mass is 9.95. The molecule has 1 saturated heterocycles. The molecule has 0 saturated carbocycles. The number of hydrogen-bond acceptors (Lipinski definition) is 13. The monoisotopic (exact) mass is 583 g/mol. The van der Waals surface area contributed by atoms with Crippen molar-refractivity contribution >= 4 is 36.5 Å². The number of carbonyl (C=O) groups excluding carboxylic acids is 4. The Morgan fingerprint density at radius 2 is 1.39 bits per heavy atom. The minimum absolute atomic E-state index is 0.0208. The molecule has 0 bridgehead atoms. The van der Waals surface area contributed by atoms with Crippen LogP contribution in [-0.2, 0) is 42.9 Å². The van der Waals surface area contributed by atoms with Crippen molar-refractivity contribution in [2.75, 3.05) is 6.61 Å². The highest BCUT2D eigenvalue weighted by molar-refractivity contribution is 7.80. The highest BCUT2D eigenvalue weighted by Gasteiger charge is 2.53. The third-order valence-corrected chi connectivity index (χ3v) is 6.33. The molecule has 2 heterocycles. The van der Waals surface area contributed by atoms with Gasteiger partial charge in [-0.3, -0.25) is 28.5 Å². The lowest BCUT2D eigenvalue weighted by Gasteiger charge is -2.45. The summed E-state index contributed by atoms with van der Waals surface area (Å²) in [5, 5.41) is 19.8. The number of pyridine rings is 1. The summed E-state index contributed by atoms with van der Waals surface area (Å²) in [6, 6.07) is 12.0. The van der Waals surface area contributed by atoms with E-state index in [0.717, 1.165) is 32.3 Å². The van der Waals surface area contributed by atoms with Gasteiger partial charge in [0.1, 0.15) is 30.4 Å². The predicted octanol–water partition coefficient (Wildman–Crippen LogP) is 1.80. The van der Waals surface area contributed by atoms with Crippen molar-refractivity contribution in [3.05, 3.63) is 51.8 Å². The fourth-order valence-electron chi connectivity index (χ4n) is 4.43. The van der Waals surface area contributed by atoms with Crippen LogP contribution in [0.25, 0.3) is 11.1 Å². The predicted molar refractivity (Wildman–Crippen MR) is 140 cm³/mol. The van der Waals surface area contributed by atoms with E-state index >= 15 is 0 Å². The van der Waals surface area contributed by atoms with Crippen molar-refractivity contribution in [2.45, 2.75) is 63.4 Å². The fraction of sp³-hybridized carbons (Fsp3) is 0.370. The molecule has 14 heteroatoms. The zero-order chi connectivity index (χ0) is 30.4. The molecular formula is C27H25N3O10S. The first-order valence-electron chi connectivity index (χ1n) is 12.1. The molecule has 1 aromatic carbocycles. The SMILES string of the molecule is CC(=O)OCC1OC(n2c(S)c(C#N)c(-c3ccccc3)c(C#N)c2=O)C(OC(C)=O)C(OC(C)=O)C1OC(C)=O. The first-order valence-corrected chi connectivity index (χ1v) is 12.5. The number of carbonyl (C=O) groups is 4. The number of benzene rings is 1. The van der Waals surface area contributed by atoms with Crippen molar-refractivity contribution in [1.82, 2.24) is 4.57 Å². The van der Waals surface area contributed by atoms with E-state index in [2.05, 4.69) is 12.6 Å². The average molecular weight is 584 g/mol. The van der Waals surface area contributed by atoms with E-state index in [9.17, 15) is 34.5 Å². The third kappa shape index (κ3) is 6.74. The van der Waals surface area contributed by atoms with Gasteiger partial charge in [-0.2, -0.15) is 10.5 Å². The average Bonchev–Trinajstić information content (AvgIpc) is 2.90. The second kappa shape index (κ2) is 13.1. The molecule has 1 aliphatic rings. The fourth-order valence-corrected chi connectivity index (χ4v) is 4.80. The molecule has 0 amide bonds. The normalized spacial score (nSPS) is 21.5. The van der Waals surface area contributed by atoms with E-state index in [-0.39, 0.29) is 16.2 Å². The molecular weight excluding hydrogens is 558 g/mol. The maximum absolute atomic E-state index is 13.9. The molecule has 1 fully saturated rings. The summed E-state index contributed by atoms with van der Waals surface area (Å²) >= 11 is 4.43. The number of nitrogens with zero attached hydrogens (tertiary/aromatic N) is 3. The lowest BCUT2D eigenvalue weighted by Crippen LogP contribution is -2.61. The Kier molecular flexibility index (Phi) is 9.89. The Morgan fingerprint density at radius 3 is 1.90 bits per heavy atom. The van der Waals surface area contributed by atoms with Crippen molar-refractivity contribution < 1.29 is 42.9 Å². The quantitative estimate of drug-likeness (QED) is 0.284. The van der Waals surface area contributed by atoms with Gasteiger partial charge >= 0.3 is 23.9 Å².